The van der Waals surface area contributed by atoms with Gasteiger partial charge in [0.15, 0.2) is 0 Å². The van der Waals surface area contributed by atoms with Gasteiger partial charge in [-0.25, -0.2) is 0 Å². The van der Waals surface area contributed by atoms with Crippen LogP contribution >= 0.6 is 0 Å². The molecule has 4 nitrogen and oxygen atoms in total. The van der Waals surface area contributed by atoms with E-state index in [0.29, 0.717) is 6.54 Å². The predicted octanol–water partition coefficient (Wildman–Crippen LogP) is 4.22. The van der Waals surface area contributed by atoms with Gasteiger partial charge in [0.1, 0.15) is 11.0 Å². The number of likely N-dealkylation sites (tertiary alicyclic amines) is 1. The van der Waals surface area contributed by atoms with Crippen LogP contribution in [0, 0.1) is 11.3 Å². The van der Waals surface area contributed by atoms with Gasteiger partial charge in [0.05, 0.1) is 6.10 Å². The Hall–Kier alpha value is -2.95. The van der Waals surface area contributed by atoms with Gasteiger partial charge >= 0.3 is 5.97 Å². The molecule has 0 aliphatic carbocycles. The van der Waals surface area contributed by atoms with Crippen LogP contribution in [0.2, 0.25) is 0 Å². The summed E-state index contributed by atoms with van der Waals surface area (Å²) in [6, 6.07) is 28.4. The Balaban J connectivity index is 1.52. The largest absolute Gasteiger partial charge is 0.481 e. The van der Waals surface area contributed by atoms with Crippen molar-refractivity contribution in [1.29, 1.82) is 0 Å². The molecule has 0 unspecified atom stereocenters. The second-order valence-electron chi connectivity index (χ2n) is 8.71. The lowest BCUT2D eigenvalue weighted by Crippen LogP contribution is -2.54. The molecule has 3 aromatic carbocycles. The highest BCUT2D eigenvalue weighted by atomic mass is 16.5. The van der Waals surface area contributed by atoms with Crippen LogP contribution in [0.1, 0.15) is 28.4 Å². The molecule has 3 aliphatic rings. The third kappa shape index (κ3) is 2.10. The van der Waals surface area contributed by atoms with Crippen molar-refractivity contribution in [2.24, 2.45) is 11.3 Å². The van der Waals surface area contributed by atoms with E-state index in [1.807, 2.05) is 60.7 Å². The van der Waals surface area contributed by atoms with Gasteiger partial charge in [0.2, 0.25) is 0 Å². The average molecular weight is 397 g/mol. The molecule has 0 saturated carbocycles. The van der Waals surface area contributed by atoms with Crippen molar-refractivity contribution in [2.45, 2.75) is 18.2 Å². The third-order valence-electron chi connectivity index (χ3n) is 7.32. The topological polar surface area (TPSA) is 49.8 Å². The summed E-state index contributed by atoms with van der Waals surface area (Å²) in [7, 11) is 0. The number of carboxylic acids is 1. The van der Waals surface area contributed by atoms with E-state index >= 15 is 0 Å². The fourth-order valence-corrected chi connectivity index (χ4v) is 6.22. The number of nitrogens with zero attached hydrogens (tertiary/aromatic N) is 1. The summed E-state index contributed by atoms with van der Waals surface area (Å²) in [6.07, 6.45) is -0.196. The monoisotopic (exact) mass is 397 g/mol. The van der Waals surface area contributed by atoms with Crippen molar-refractivity contribution in [3.8, 4) is 0 Å². The standard InChI is InChI=1S/C26H23NO3/c28-24(29)25-17-27(15-18-9-3-1-4-10-18)16-22(25)23-20-13-7-8-14-21(20)26(25,30-23)19-11-5-2-6-12-19/h1-14,22-23H,15-17H2,(H,28,29)/t22-,23-,25-,26+/m1/s1. The molecule has 0 spiro atoms. The zero-order chi connectivity index (χ0) is 20.3. The first-order valence-electron chi connectivity index (χ1n) is 10.5. The summed E-state index contributed by atoms with van der Waals surface area (Å²) >= 11 is 0. The number of hydrogen-bond acceptors (Lipinski definition) is 3. The summed E-state index contributed by atoms with van der Waals surface area (Å²) in [5.74, 6) is -0.849. The highest BCUT2D eigenvalue weighted by Crippen LogP contribution is 2.71. The molecule has 30 heavy (non-hydrogen) atoms. The molecule has 3 aromatic rings. The maximum Gasteiger partial charge on any atom is 0.315 e. The molecule has 0 aromatic heterocycles. The molecule has 2 bridgehead atoms. The number of ether oxygens (including phenoxy) is 1. The summed E-state index contributed by atoms with van der Waals surface area (Å²) < 4.78 is 6.74. The van der Waals surface area contributed by atoms with E-state index in [9.17, 15) is 9.90 Å². The van der Waals surface area contributed by atoms with Crippen LogP contribution < -0.4 is 0 Å². The van der Waals surface area contributed by atoms with Gasteiger partial charge in [-0.3, -0.25) is 9.69 Å². The highest BCUT2D eigenvalue weighted by Gasteiger charge is 2.77. The van der Waals surface area contributed by atoms with Gasteiger partial charge in [0.25, 0.3) is 0 Å². The zero-order valence-electron chi connectivity index (χ0n) is 16.6. The molecule has 2 saturated heterocycles. The van der Waals surface area contributed by atoms with Crippen LogP contribution in [0.15, 0.2) is 84.9 Å². The van der Waals surface area contributed by atoms with E-state index in [4.69, 9.17) is 4.74 Å². The Morgan fingerprint density at radius 3 is 2.37 bits per heavy atom. The van der Waals surface area contributed by atoms with E-state index in [1.54, 1.807) is 0 Å². The SMILES string of the molecule is O=C(O)[C@@]12CN(Cc3ccccc3)C[C@@H]1[C@@H]1O[C@@]2(c2ccccc2)c2ccccc21. The maximum absolute atomic E-state index is 13.1. The lowest BCUT2D eigenvalue weighted by Gasteiger charge is -2.43. The van der Waals surface area contributed by atoms with Gasteiger partial charge in [-0.1, -0.05) is 84.9 Å². The Kier molecular flexibility index (Phi) is 3.74. The molecule has 0 amide bonds. The van der Waals surface area contributed by atoms with Crippen LogP contribution in [-0.2, 0) is 21.7 Å². The summed E-state index contributed by atoms with van der Waals surface area (Å²) in [6.45, 7) is 1.94. The number of carbonyl (C=O) groups is 1. The molecule has 4 heteroatoms. The van der Waals surface area contributed by atoms with Crippen LogP contribution in [0.3, 0.4) is 0 Å². The van der Waals surface area contributed by atoms with E-state index in [2.05, 4.69) is 29.2 Å². The minimum Gasteiger partial charge on any atom is -0.481 e. The number of fused-ring (bicyclic) bond motifs is 8. The van der Waals surface area contributed by atoms with Crippen molar-refractivity contribution in [1.82, 2.24) is 4.90 Å². The summed E-state index contributed by atoms with van der Waals surface area (Å²) in [5.41, 5.74) is 2.33. The van der Waals surface area contributed by atoms with Crippen molar-refractivity contribution in [3.05, 3.63) is 107 Å². The quantitative estimate of drug-likeness (QED) is 0.716. The van der Waals surface area contributed by atoms with Crippen LogP contribution in [0.25, 0.3) is 0 Å². The first kappa shape index (κ1) is 17.9. The number of rotatable bonds is 4. The molecule has 150 valence electrons. The first-order chi connectivity index (χ1) is 14.7. The van der Waals surface area contributed by atoms with Gasteiger partial charge < -0.3 is 9.84 Å². The fourth-order valence-electron chi connectivity index (χ4n) is 6.22. The Morgan fingerprint density at radius 1 is 0.967 bits per heavy atom. The number of aliphatic carboxylic acids is 1. The molecule has 3 heterocycles. The second-order valence-corrected chi connectivity index (χ2v) is 8.71. The van der Waals surface area contributed by atoms with Gasteiger partial charge in [-0.05, 0) is 22.3 Å². The minimum atomic E-state index is -1.01. The summed E-state index contributed by atoms with van der Waals surface area (Å²) in [5, 5.41) is 10.7. The minimum absolute atomic E-state index is 0.0891. The van der Waals surface area contributed by atoms with Crippen LogP contribution in [-0.4, -0.2) is 29.1 Å². The zero-order valence-corrected chi connectivity index (χ0v) is 16.6. The smallest absolute Gasteiger partial charge is 0.315 e. The predicted molar refractivity (Wildman–Crippen MR) is 113 cm³/mol. The van der Waals surface area contributed by atoms with Crippen LogP contribution in [0.4, 0.5) is 0 Å². The van der Waals surface area contributed by atoms with Gasteiger partial charge in [0, 0.05) is 25.6 Å². The molecule has 6 rings (SSSR count). The van der Waals surface area contributed by atoms with E-state index in [1.165, 1.54) is 5.56 Å². The molecular weight excluding hydrogens is 374 g/mol. The molecular formula is C26H23NO3. The Labute approximate surface area is 175 Å². The molecule has 1 N–H and O–H groups in total. The molecule has 0 radical (unpaired) electrons. The fraction of sp³-hybridized carbons (Fsp3) is 0.269. The normalized spacial score (nSPS) is 31.5. The van der Waals surface area contributed by atoms with E-state index in [0.717, 1.165) is 29.8 Å². The molecule has 4 atom stereocenters. The maximum atomic E-state index is 13.1. The van der Waals surface area contributed by atoms with E-state index < -0.39 is 17.0 Å². The van der Waals surface area contributed by atoms with Crippen molar-refractivity contribution < 1.29 is 14.6 Å². The van der Waals surface area contributed by atoms with E-state index in [-0.39, 0.29) is 12.0 Å². The van der Waals surface area contributed by atoms with Crippen molar-refractivity contribution in [2.75, 3.05) is 13.1 Å². The number of carboxylic acid groups (broad SMARTS) is 1. The lowest BCUT2D eigenvalue weighted by molar-refractivity contribution is -0.159. The molecule has 3 aliphatic heterocycles. The Bertz CT molecular complexity index is 1120. The average Bonchev–Trinajstić information content (AvgIpc) is 3.41. The Morgan fingerprint density at radius 2 is 1.63 bits per heavy atom. The van der Waals surface area contributed by atoms with Gasteiger partial charge in [-0.15, -0.1) is 0 Å². The number of benzene rings is 3. The van der Waals surface area contributed by atoms with Crippen molar-refractivity contribution >= 4 is 5.97 Å². The number of hydrogen-bond donors (Lipinski definition) is 1. The van der Waals surface area contributed by atoms with Crippen LogP contribution in [0.5, 0.6) is 0 Å². The summed E-state index contributed by atoms with van der Waals surface area (Å²) in [4.78, 5) is 15.4. The highest BCUT2D eigenvalue weighted by molar-refractivity contribution is 5.82. The van der Waals surface area contributed by atoms with Crippen molar-refractivity contribution in [3.63, 3.8) is 0 Å². The lowest BCUT2D eigenvalue weighted by atomic mass is 9.57. The third-order valence-corrected chi connectivity index (χ3v) is 7.32. The molecule has 2 fully saturated rings. The second kappa shape index (κ2) is 6.27. The van der Waals surface area contributed by atoms with Gasteiger partial charge in [-0.2, -0.15) is 0 Å². The first-order valence-corrected chi connectivity index (χ1v) is 10.5.